The Morgan fingerprint density at radius 1 is 1.17 bits per heavy atom. The molecule has 2 atom stereocenters. The Kier molecular flexibility index (Phi) is 1.08. The molecule has 0 unspecified atom stereocenters. The molecule has 0 nitrogen and oxygen atoms in total. The molecule has 0 heterocycles. The van der Waals surface area contributed by atoms with E-state index in [4.69, 9.17) is 0 Å². The van der Waals surface area contributed by atoms with Gasteiger partial charge in [0.15, 0.2) is 0 Å². The molecule has 60 valence electrons. The van der Waals surface area contributed by atoms with Crippen molar-refractivity contribution in [1.82, 2.24) is 0 Å². The van der Waals surface area contributed by atoms with Crippen molar-refractivity contribution >= 4 is 0 Å². The highest BCUT2D eigenvalue weighted by Gasteiger charge is 2.35. The second-order valence-electron chi connectivity index (χ2n) is 3.93. The molecule has 0 amide bonds. The van der Waals surface area contributed by atoms with E-state index in [1.54, 1.807) is 16.7 Å². The molecule has 0 radical (unpaired) electrons. The molecule has 1 aromatic rings. The fraction of sp³-hybridized carbons (Fsp3) is 0.333. The van der Waals surface area contributed by atoms with Gasteiger partial charge in [0.2, 0.25) is 0 Å². The third kappa shape index (κ3) is 0.632. The summed E-state index contributed by atoms with van der Waals surface area (Å²) in [5.74, 6) is 1.50. The van der Waals surface area contributed by atoms with Crippen LogP contribution in [0.1, 0.15) is 36.3 Å². The van der Waals surface area contributed by atoms with Crippen LogP contribution in [0.25, 0.3) is 0 Å². The Balaban J connectivity index is 2.23. The van der Waals surface area contributed by atoms with Gasteiger partial charge in [-0.15, -0.1) is 0 Å². The van der Waals surface area contributed by atoms with Crippen LogP contribution in [-0.4, -0.2) is 0 Å². The maximum Gasteiger partial charge on any atom is 0.00573 e. The van der Waals surface area contributed by atoms with Gasteiger partial charge in [0.1, 0.15) is 0 Å². The minimum absolute atomic E-state index is 0.742. The summed E-state index contributed by atoms with van der Waals surface area (Å²) in [5.41, 5.74) is 4.74. The molecule has 2 aliphatic rings. The van der Waals surface area contributed by atoms with Crippen LogP contribution >= 0.6 is 0 Å². The van der Waals surface area contributed by atoms with Crippen molar-refractivity contribution in [2.24, 2.45) is 0 Å². The summed E-state index contributed by atoms with van der Waals surface area (Å²) in [6.07, 6.45) is 3.78. The van der Waals surface area contributed by atoms with Crippen LogP contribution in [0.4, 0.5) is 0 Å². The molecule has 0 aromatic heterocycles. The van der Waals surface area contributed by atoms with Crippen LogP contribution in [-0.2, 0) is 0 Å². The van der Waals surface area contributed by atoms with Crippen molar-refractivity contribution in [2.75, 3.05) is 0 Å². The third-order valence-corrected chi connectivity index (χ3v) is 3.27. The SMILES string of the molecule is CC1=C[C@H]2C[C@H]1c1ccccc12. The van der Waals surface area contributed by atoms with Gasteiger partial charge in [-0.05, 0) is 24.5 Å². The largest absolute Gasteiger partial charge is 0.0774 e. The second-order valence-corrected chi connectivity index (χ2v) is 3.93. The first-order valence-corrected chi connectivity index (χ1v) is 4.63. The molecule has 12 heavy (non-hydrogen) atoms. The van der Waals surface area contributed by atoms with E-state index in [2.05, 4.69) is 37.3 Å². The Hall–Kier alpha value is -1.04. The van der Waals surface area contributed by atoms with Crippen LogP contribution < -0.4 is 0 Å². The number of hydrogen-bond donors (Lipinski definition) is 0. The number of allylic oxidation sites excluding steroid dienone is 2. The number of benzene rings is 1. The highest BCUT2D eigenvalue weighted by atomic mass is 14.4. The zero-order chi connectivity index (χ0) is 8.13. The van der Waals surface area contributed by atoms with E-state index in [9.17, 15) is 0 Å². The standard InChI is InChI=1S/C12H12/c1-8-6-9-7-12(8)11-5-3-2-4-10(9)11/h2-6,9,12H,7H2,1H3/t9-,12+/m0/s1. The summed E-state index contributed by atoms with van der Waals surface area (Å²) in [6, 6.07) is 8.88. The van der Waals surface area contributed by atoms with Gasteiger partial charge in [0, 0.05) is 11.8 Å². The Morgan fingerprint density at radius 3 is 2.75 bits per heavy atom. The van der Waals surface area contributed by atoms with E-state index in [0.717, 1.165) is 11.8 Å². The van der Waals surface area contributed by atoms with Crippen LogP contribution in [0, 0.1) is 0 Å². The van der Waals surface area contributed by atoms with E-state index in [1.807, 2.05) is 0 Å². The van der Waals surface area contributed by atoms with Crippen molar-refractivity contribution in [2.45, 2.75) is 25.2 Å². The lowest BCUT2D eigenvalue weighted by molar-refractivity contribution is 0.785. The zero-order valence-corrected chi connectivity index (χ0v) is 7.25. The predicted molar refractivity (Wildman–Crippen MR) is 50.3 cm³/mol. The van der Waals surface area contributed by atoms with Crippen LogP contribution in [0.2, 0.25) is 0 Å². The van der Waals surface area contributed by atoms with Crippen molar-refractivity contribution in [3.8, 4) is 0 Å². The summed E-state index contributed by atoms with van der Waals surface area (Å²) in [5, 5.41) is 0. The van der Waals surface area contributed by atoms with Crippen molar-refractivity contribution < 1.29 is 0 Å². The first-order valence-electron chi connectivity index (χ1n) is 4.63. The van der Waals surface area contributed by atoms with Gasteiger partial charge in [-0.3, -0.25) is 0 Å². The second kappa shape index (κ2) is 2.01. The Bertz CT molecular complexity index is 360. The normalized spacial score (nSPS) is 30.2. The monoisotopic (exact) mass is 156 g/mol. The van der Waals surface area contributed by atoms with Gasteiger partial charge in [-0.25, -0.2) is 0 Å². The molecular formula is C12H12. The fourth-order valence-electron chi connectivity index (χ4n) is 2.70. The van der Waals surface area contributed by atoms with Gasteiger partial charge < -0.3 is 0 Å². The molecule has 0 aliphatic heterocycles. The molecule has 0 saturated heterocycles. The molecule has 1 aromatic carbocycles. The maximum atomic E-state index is 2.44. The first-order chi connectivity index (χ1) is 5.86. The van der Waals surface area contributed by atoms with Crippen molar-refractivity contribution in [3.63, 3.8) is 0 Å². The molecule has 0 heteroatoms. The molecule has 2 aliphatic carbocycles. The summed E-state index contributed by atoms with van der Waals surface area (Å²) in [6.45, 7) is 2.26. The molecule has 0 spiro atoms. The van der Waals surface area contributed by atoms with Crippen LogP contribution in [0.5, 0.6) is 0 Å². The Labute approximate surface area is 72.9 Å². The van der Waals surface area contributed by atoms with Gasteiger partial charge in [-0.2, -0.15) is 0 Å². The molecule has 0 N–H and O–H groups in total. The summed E-state index contributed by atoms with van der Waals surface area (Å²) in [4.78, 5) is 0. The lowest BCUT2D eigenvalue weighted by atomic mass is 9.92. The lowest BCUT2D eigenvalue weighted by Gasteiger charge is -2.13. The Morgan fingerprint density at radius 2 is 1.92 bits per heavy atom. The van der Waals surface area contributed by atoms with Crippen LogP contribution in [0.15, 0.2) is 35.9 Å². The average Bonchev–Trinajstić information content (AvgIpc) is 2.62. The maximum absolute atomic E-state index is 2.44. The molecular weight excluding hydrogens is 144 g/mol. The van der Waals surface area contributed by atoms with E-state index in [1.165, 1.54) is 6.42 Å². The van der Waals surface area contributed by atoms with E-state index >= 15 is 0 Å². The van der Waals surface area contributed by atoms with Gasteiger partial charge in [-0.1, -0.05) is 35.9 Å². The third-order valence-electron chi connectivity index (χ3n) is 3.27. The zero-order valence-electron chi connectivity index (χ0n) is 7.25. The van der Waals surface area contributed by atoms with Crippen molar-refractivity contribution in [1.29, 1.82) is 0 Å². The lowest BCUT2D eigenvalue weighted by Crippen LogP contribution is -1.95. The quantitative estimate of drug-likeness (QED) is 0.506. The number of hydrogen-bond acceptors (Lipinski definition) is 0. The van der Waals surface area contributed by atoms with Gasteiger partial charge in [0.05, 0.1) is 0 Å². The van der Waals surface area contributed by atoms with Crippen LogP contribution in [0.3, 0.4) is 0 Å². The van der Waals surface area contributed by atoms with E-state index in [0.29, 0.717) is 0 Å². The summed E-state index contributed by atoms with van der Waals surface area (Å²) < 4.78 is 0. The topological polar surface area (TPSA) is 0 Å². The van der Waals surface area contributed by atoms with Crippen molar-refractivity contribution in [3.05, 3.63) is 47.0 Å². The minimum Gasteiger partial charge on any atom is -0.0774 e. The van der Waals surface area contributed by atoms with E-state index < -0.39 is 0 Å². The molecule has 2 bridgehead atoms. The highest BCUT2D eigenvalue weighted by Crippen LogP contribution is 2.51. The summed E-state index contributed by atoms with van der Waals surface area (Å²) in [7, 11) is 0. The minimum atomic E-state index is 0.742. The molecule has 3 rings (SSSR count). The smallest absolute Gasteiger partial charge is 0.00573 e. The molecule has 0 saturated carbocycles. The van der Waals surface area contributed by atoms with Gasteiger partial charge in [0.25, 0.3) is 0 Å². The van der Waals surface area contributed by atoms with Gasteiger partial charge >= 0.3 is 0 Å². The first kappa shape index (κ1) is 6.47. The highest BCUT2D eigenvalue weighted by molar-refractivity contribution is 5.50. The number of fused-ring (bicyclic) bond motifs is 5. The number of rotatable bonds is 0. The van der Waals surface area contributed by atoms with E-state index in [-0.39, 0.29) is 0 Å². The summed E-state index contributed by atoms with van der Waals surface area (Å²) >= 11 is 0. The predicted octanol–water partition coefficient (Wildman–Crippen LogP) is 3.22. The molecule has 0 fully saturated rings. The average molecular weight is 156 g/mol. The fourth-order valence-corrected chi connectivity index (χ4v) is 2.70.